The molecule has 1 unspecified atom stereocenters. The van der Waals surface area contributed by atoms with Gasteiger partial charge in [0.05, 0.1) is 6.04 Å². The van der Waals surface area contributed by atoms with Crippen LogP contribution in [0, 0.1) is 12.3 Å². The highest BCUT2D eigenvalue weighted by atomic mass is 35.5. The Morgan fingerprint density at radius 3 is 2.76 bits per heavy atom. The van der Waals surface area contributed by atoms with Crippen molar-refractivity contribution in [2.45, 2.75) is 46.7 Å². The Balaban J connectivity index is 0.00000225. The summed E-state index contributed by atoms with van der Waals surface area (Å²) < 4.78 is 0. The van der Waals surface area contributed by atoms with Crippen LogP contribution in [0.4, 0.5) is 0 Å². The minimum Gasteiger partial charge on any atom is -0.343 e. The molecule has 0 aliphatic carbocycles. The molecule has 0 spiro atoms. The zero-order chi connectivity index (χ0) is 17.3. The van der Waals surface area contributed by atoms with Gasteiger partial charge in [0.25, 0.3) is 5.91 Å². The summed E-state index contributed by atoms with van der Waals surface area (Å²) in [6.07, 6.45) is 0.885. The Kier molecular flexibility index (Phi) is 5.91. The van der Waals surface area contributed by atoms with Crippen molar-refractivity contribution >= 4 is 18.3 Å². The van der Waals surface area contributed by atoms with Crippen molar-refractivity contribution in [1.29, 1.82) is 0 Å². The fourth-order valence-electron chi connectivity index (χ4n) is 3.26. The van der Waals surface area contributed by atoms with Gasteiger partial charge in [-0.1, -0.05) is 50.6 Å². The summed E-state index contributed by atoms with van der Waals surface area (Å²) in [7, 11) is 0. The summed E-state index contributed by atoms with van der Waals surface area (Å²) in [6, 6.07) is 8.24. The number of aryl methyl sites for hydroxylation is 1. The number of hydrogen-bond acceptors (Lipinski definition) is 3. The SMILES string of the molecule is Cc1cccc(C(NC(=O)c2n[nH]c3c2CNCC3)C(C)(C)C)c1.Cl. The number of benzene rings is 1. The van der Waals surface area contributed by atoms with Crippen molar-refractivity contribution in [2.75, 3.05) is 6.54 Å². The van der Waals surface area contributed by atoms with Crippen LogP contribution >= 0.6 is 12.4 Å². The van der Waals surface area contributed by atoms with E-state index in [1.54, 1.807) is 0 Å². The lowest BCUT2D eigenvalue weighted by Crippen LogP contribution is -2.37. The third-order valence-corrected chi connectivity index (χ3v) is 4.54. The van der Waals surface area contributed by atoms with E-state index >= 15 is 0 Å². The minimum absolute atomic E-state index is 0. The second-order valence-electron chi connectivity index (χ2n) is 7.64. The number of hydrogen-bond donors (Lipinski definition) is 3. The molecule has 0 fully saturated rings. The zero-order valence-corrected chi connectivity index (χ0v) is 16.1. The Morgan fingerprint density at radius 1 is 1.32 bits per heavy atom. The third kappa shape index (κ3) is 4.22. The number of aromatic amines is 1. The molecule has 2 aromatic rings. The lowest BCUT2D eigenvalue weighted by molar-refractivity contribution is 0.0895. The molecule has 3 N–H and O–H groups in total. The molecule has 2 heterocycles. The molecule has 1 aliphatic heterocycles. The fourth-order valence-corrected chi connectivity index (χ4v) is 3.26. The van der Waals surface area contributed by atoms with Crippen LogP contribution in [0.1, 0.15) is 59.7 Å². The van der Waals surface area contributed by atoms with Crippen LogP contribution in [0.5, 0.6) is 0 Å². The molecule has 3 rings (SSSR count). The summed E-state index contributed by atoms with van der Waals surface area (Å²) in [6.45, 7) is 10.1. The van der Waals surface area contributed by atoms with Gasteiger partial charge < -0.3 is 10.6 Å². The predicted octanol–water partition coefficient (Wildman–Crippen LogP) is 3.30. The number of nitrogens with one attached hydrogen (secondary N) is 3. The highest BCUT2D eigenvalue weighted by Crippen LogP contribution is 2.33. The molecule has 6 heteroatoms. The molecule has 0 bridgehead atoms. The van der Waals surface area contributed by atoms with E-state index in [1.807, 2.05) is 6.07 Å². The maximum atomic E-state index is 12.9. The topological polar surface area (TPSA) is 69.8 Å². The van der Waals surface area contributed by atoms with Gasteiger partial charge in [0.2, 0.25) is 0 Å². The summed E-state index contributed by atoms with van der Waals surface area (Å²) in [5, 5.41) is 13.8. The number of halogens is 1. The Morgan fingerprint density at radius 2 is 2.08 bits per heavy atom. The number of fused-ring (bicyclic) bond motifs is 1. The van der Waals surface area contributed by atoms with Gasteiger partial charge in [-0.25, -0.2) is 0 Å². The van der Waals surface area contributed by atoms with Crippen molar-refractivity contribution in [3.63, 3.8) is 0 Å². The number of rotatable bonds is 3. The number of amides is 1. The van der Waals surface area contributed by atoms with Crippen molar-refractivity contribution in [3.8, 4) is 0 Å². The average Bonchev–Trinajstić information content (AvgIpc) is 2.95. The first kappa shape index (κ1) is 19.5. The molecular formula is C19H27ClN4O. The Bertz CT molecular complexity index is 748. The van der Waals surface area contributed by atoms with Gasteiger partial charge in [-0.15, -0.1) is 12.4 Å². The Labute approximate surface area is 155 Å². The molecule has 0 radical (unpaired) electrons. The quantitative estimate of drug-likeness (QED) is 0.784. The molecular weight excluding hydrogens is 336 g/mol. The fraction of sp³-hybridized carbons (Fsp3) is 0.474. The molecule has 1 amide bonds. The van der Waals surface area contributed by atoms with Crippen molar-refractivity contribution in [3.05, 3.63) is 52.3 Å². The lowest BCUT2D eigenvalue weighted by atomic mass is 9.82. The number of carbonyl (C=O) groups excluding carboxylic acids is 1. The lowest BCUT2D eigenvalue weighted by Gasteiger charge is -2.32. The molecule has 0 saturated carbocycles. The molecule has 1 aromatic heterocycles. The molecule has 25 heavy (non-hydrogen) atoms. The number of carbonyl (C=O) groups is 1. The molecule has 1 atom stereocenters. The van der Waals surface area contributed by atoms with Gasteiger partial charge in [0.15, 0.2) is 5.69 Å². The van der Waals surface area contributed by atoms with Crippen LogP contribution in [0.15, 0.2) is 24.3 Å². The summed E-state index contributed by atoms with van der Waals surface area (Å²) in [5.74, 6) is -0.113. The smallest absolute Gasteiger partial charge is 0.272 e. The number of aromatic nitrogens is 2. The monoisotopic (exact) mass is 362 g/mol. The van der Waals surface area contributed by atoms with Gasteiger partial charge in [0.1, 0.15) is 0 Å². The molecule has 1 aliphatic rings. The van der Waals surface area contributed by atoms with E-state index in [2.05, 4.69) is 66.7 Å². The third-order valence-electron chi connectivity index (χ3n) is 4.54. The molecule has 136 valence electrons. The van der Waals surface area contributed by atoms with Gasteiger partial charge in [-0.2, -0.15) is 5.10 Å². The van der Waals surface area contributed by atoms with E-state index in [0.717, 1.165) is 29.8 Å². The summed E-state index contributed by atoms with van der Waals surface area (Å²) >= 11 is 0. The zero-order valence-electron chi connectivity index (χ0n) is 15.3. The minimum atomic E-state index is -0.113. The van der Waals surface area contributed by atoms with Crippen LogP contribution < -0.4 is 10.6 Å². The first-order valence-electron chi connectivity index (χ1n) is 8.50. The van der Waals surface area contributed by atoms with Crippen molar-refractivity contribution in [2.24, 2.45) is 5.41 Å². The van der Waals surface area contributed by atoms with Crippen molar-refractivity contribution in [1.82, 2.24) is 20.8 Å². The van der Waals surface area contributed by atoms with Crippen LogP contribution in [-0.2, 0) is 13.0 Å². The highest BCUT2D eigenvalue weighted by molar-refractivity contribution is 5.94. The van der Waals surface area contributed by atoms with E-state index in [1.165, 1.54) is 5.56 Å². The molecule has 0 saturated heterocycles. The van der Waals surface area contributed by atoms with Gasteiger partial charge in [-0.3, -0.25) is 9.89 Å². The maximum absolute atomic E-state index is 12.9. The largest absolute Gasteiger partial charge is 0.343 e. The molecule has 1 aromatic carbocycles. The second-order valence-corrected chi connectivity index (χ2v) is 7.64. The average molecular weight is 363 g/mol. The van der Waals surface area contributed by atoms with Gasteiger partial charge in [-0.05, 0) is 17.9 Å². The van der Waals surface area contributed by atoms with Crippen LogP contribution in [0.3, 0.4) is 0 Å². The van der Waals surface area contributed by atoms with E-state index < -0.39 is 0 Å². The number of H-pyrrole nitrogens is 1. The van der Waals surface area contributed by atoms with E-state index in [9.17, 15) is 4.79 Å². The first-order chi connectivity index (χ1) is 11.4. The molecule has 5 nitrogen and oxygen atoms in total. The van der Waals surface area contributed by atoms with E-state index in [-0.39, 0.29) is 29.8 Å². The van der Waals surface area contributed by atoms with Crippen LogP contribution in [-0.4, -0.2) is 22.6 Å². The van der Waals surface area contributed by atoms with Crippen LogP contribution in [0.2, 0.25) is 0 Å². The first-order valence-corrected chi connectivity index (χ1v) is 8.50. The normalized spacial score (nSPS) is 15.0. The second kappa shape index (κ2) is 7.58. The standard InChI is InChI=1S/C19H26N4O.ClH/c1-12-6-5-7-13(10-12)17(19(2,3)4)21-18(24)16-14-11-20-9-8-15(14)22-23-16;/h5-7,10,17,20H,8-9,11H2,1-4H3,(H,21,24)(H,22,23);1H. The van der Waals surface area contributed by atoms with E-state index in [0.29, 0.717) is 12.2 Å². The van der Waals surface area contributed by atoms with E-state index in [4.69, 9.17) is 0 Å². The van der Waals surface area contributed by atoms with Crippen LogP contribution in [0.25, 0.3) is 0 Å². The maximum Gasteiger partial charge on any atom is 0.272 e. The summed E-state index contributed by atoms with van der Waals surface area (Å²) in [5.41, 5.74) is 4.80. The number of nitrogens with zero attached hydrogens (tertiary/aromatic N) is 1. The predicted molar refractivity (Wildman–Crippen MR) is 102 cm³/mol. The Hall–Kier alpha value is -1.85. The van der Waals surface area contributed by atoms with Gasteiger partial charge in [0, 0.05) is 30.8 Å². The highest BCUT2D eigenvalue weighted by Gasteiger charge is 2.30. The van der Waals surface area contributed by atoms with Gasteiger partial charge >= 0.3 is 0 Å². The summed E-state index contributed by atoms with van der Waals surface area (Å²) in [4.78, 5) is 12.9. The van der Waals surface area contributed by atoms with Crippen molar-refractivity contribution < 1.29 is 4.79 Å².